The van der Waals surface area contributed by atoms with Gasteiger partial charge in [0.2, 0.25) is 0 Å². The Kier molecular flexibility index (Phi) is 3.40. The first-order valence-corrected chi connectivity index (χ1v) is 7.24. The standard InChI is InChI=1S/C16H23NO/c17-12-16(10-8-14-5-3-11-18-14)9-7-13-4-1-2-6-15(13)16/h1-2,4,6,14H,3,5,7-12,17H2. The normalized spacial score (nSPS) is 30.6. The van der Waals surface area contributed by atoms with Gasteiger partial charge in [0.15, 0.2) is 0 Å². The molecule has 2 heteroatoms. The van der Waals surface area contributed by atoms with Gasteiger partial charge in [0.25, 0.3) is 0 Å². The van der Waals surface area contributed by atoms with E-state index >= 15 is 0 Å². The summed E-state index contributed by atoms with van der Waals surface area (Å²) in [6.45, 7) is 1.73. The van der Waals surface area contributed by atoms with Gasteiger partial charge in [-0.05, 0) is 49.7 Å². The fraction of sp³-hybridized carbons (Fsp3) is 0.625. The van der Waals surface area contributed by atoms with Gasteiger partial charge in [-0.3, -0.25) is 0 Å². The first kappa shape index (κ1) is 12.2. The third-order valence-corrected chi connectivity index (χ3v) is 4.82. The van der Waals surface area contributed by atoms with Crippen LogP contribution in [0.1, 0.15) is 43.2 Å². The van der Waals surface area contributed by atoms with Crippen LogP contribution >= 0.6 is 0 Å². The number of ether oxygens (including phenoxy) is 1. The van der Waals surface area contributed by atoms with Crippen LogP contribution in [0.3, 0.4) is 0 Å². The molecule has 1 fully saturated rings. The molecule has 2 unspecified atom stereocenters. The maximum Gasteiger partial charge on any atom is 0.0576 e. The molecule has 98 valence electrons. The van der Waals surface area contributed by atoms with Crippen LogP contribution in [0.2, 0.25) is 0 Å². The summed E-state index contributed by atoms with van der Waals surface area (Å²) in [6.07, 6.45) is 7.73. The van der Waals surface area contributed by atoms with E-state index in [9.17, 15) is 0 Å². The summed E-state index contributed by atoms with van der Waals surface area (Å²) in [6, 6.07) is 8.84. The lowest BCUT2D eigenvalue weighted by Crippen LogP contribution is -2.33. The summed E-state index contributed by atoms with van der Waals surface area (Å²) in [5.74, 6) is 0. The van der Waals surface area contributed by atoms with Gasteiger partial charge in [-0.1, -0.05) is 24.3 Å². The highest BCUT2D eigenvalue weighted by atomic mass is 16.5. The van der Waals surface area contributed by atoms with Gasteiger partial charge >= 0.3 is 0 Å². The van der Waals surface area contributed by atoms with Crippen LogP contribution in [-0.2, 0) is 16.6 Å². The van der Waals surface area contributed by atoms with Crippen LogP contribution in [-0.4, -0.2) is 19.3 Å². The van der Waals surface area contributed by atoms with E-state index < -0.39 is 0 Å². The number of hydrogen-bond acceptors (Lipinski definition) is 2. The summed E-state index contributed by atoms with van der Waals surface area (Å²) in [4.78, 5) is 0. The zero-order valence-corrected chi connectivity index (χ0v) is 11.0. The molecule has 0 aromatic heterocycles. The molecule has 0 amide bonds. The Hall–Kier alpha value is -0.860. The van der Waals surface area contributed by atoms with Crippen LogP contribution in [0, 0.1) is 0 Å². The summed E-state index contributed by atoms with van der Waals surface area (Å²) < 4.78 is 5.75. The summed E-state index contributed by atoms with van der Waals surface area (Å²) in [5, 5.41) is 0. The molecule has 2 nitrogen and oxygen atoms in total. The minimum atomic E-state index is 0.225. The van der Waals surface area contributed by atoms with Gasteiger partial charge in [-0.25, -0.2) is 0 Å². The Balaban J connectivity index is 1.74. The van der Waals surface area contributed by atoms with Crippen molar-refractivity contribution in [2.75, 3.05) is 13.2 Å². The average Bonchev–Trinajstić information content (AvgIpc) is 3.05. The largest absolute Gasteiger partial charge is 0.378 e. The highest BCUT2D eigenvalue weighted by Crippen LogP contribution is 2.42. The van der Waals surface area contributed by atoms with Gasteiger partial charge in [0, 0.05) is 18.6 Å². The third-order valence-electron chi connectivity index (χ3n) is 4.82. The van der Waals surface area contributed by atoms with Crippen molar-refractivity contribution in [3.8, 4) is 0 Å². The second-order valence-electron chi connectivity index (χ2n) is 5.82. The van der Waals surface area contributed by atoms with Crippen molar-refractivity contribution >= 4 is 0 Å². The molecule has 2 N–H and O–H groups in total. The summed E-state index contributed by atoms with van der Waals surface area (Å²) in [7, 11) is 0. The van der Waals surface area contributed by atoms with Crippen molar-refractivity contribution in [3.05, 3.63) is 35.4 Å². The molecule has 1 aromatic carbocycles. The van der Waals surface area contributed by atoms with Crippen molar-refractivity contribution in [2.45, 2.75) is 50.0 Å². The molecule has 0 bridgehead atoms. The van der Waals surface area contributed by atoms with Crippen LogP contribution in [0.4, 0.5) is 0 Å². The average molecular weight is 245 g/mol. The lowest BCUT2D eigenvalue weighted by atomic mass is 9.77. The van der Waals surface area contributed by atoms with Crippen LogP contribution in [0.15, 0.2) is 24.3 Å². The number of nitrogens with two attached hydrogens (primary N) is 1. The van der Waals surface area contributed by atoms with E-state index in [1.165, 1.54) is 49.7 Å². The molecule has 2 atom stereocenters. The molecule has 0 radical (unpaired) electrons. The number of hydrogen-bond donors (Lipinski definition) is 1. The van der Waals surface area contributed by atoms with Crippen LogP contribution in [0.25, 0.3) is 0 Å². The molecule has 0 spiro atoms. The molecule has 1 heterocycles. The van der Waals surface area contributed by atoms with Crippen LogP contribution < -0.4 is 5.73 Å². The lowest BCUT2D eigenvalue weighted by molar-refractivity contribution is 0.0958. The second kappa shape index (κ2) is 5.02. The first-order chi connectivity index (χ1) is 8.84. The van der Waals surface area contributed by atoms with Crippen molar-refractivity contribution in [1.29, 1.82) is 0 Å². The van der Waals surface area contributed by atoms with E-state index in [4.69, 9.17) is 10.5 Å². The quantitative estimate of drug-likeness (QED) is 0.885. The fourth-order valence-corrected chi connectivity index (χ4v) is 3.65. The minimum absolute atomic E-state index is 0.225. The van der Waals surface area contributed by atoms with E-state index in [0.29, 0.717) is 6.10 Å². The molecule has 0 saturated carbocycles. The molecule has 2 aliphatic rings. The number of benzene rings is 1. The maximum absolute atomic E-state index is 6.13. The first-order valence-electron chi connectivity index (χ1n) is 7.24. The minimum Gasteiger partial charge on any atom is -0.378 e. The van der Waals surface area contributed by atoms with Gasteiger partial charge in [0.05, 0.1) is 6.10 Å². The molecule has 1 aromatic rings. The monoisotopic (exact) mass is 245 g/mol. The molecular weight excluding hydrogens is 222 g/mol. The van der Waals surface area contributed by atoms with Crippen molar-refractivity contribution in [1.82, 2.24) is 0 Å². The summed E-state index contributed by atoms with van der Waals surface area (Å²) in [5.41, 5.74) is 9.37. The molecular formula is C16H23NO. The Morgan fingerprint density at radius 3 is 3.00 bits per heavy atom. The zero-order chi connectivity index (χ0) is 12.4. The van der Waals surface area contributed by atoms with E-state index in [1.807, 2.05) is 0 Å². The Morgan fingerprint density at radius 1 is 1.33 bits per heavy atom. The number of aryl methyl sites for hydroxylation is 1. The van der Waals surface area contributed by atoms with Crippen molar-refractivity contribution < 1.29 is 4.74 Å². The third kappa shape index (κ3) is 2.08. The van der Waals surface area contributed by atoms with E-state index in [-0.39, 0.29) is 5.41 Å². The SMILES string of the molecule is NCC1(CCC2CCCO2)CCc2ccccc21. The fourth-order valence-electron chi connectivity index (χ4n) is 3.65. The predicted molar refractivity (Wildman–Crippen MR) is 73.7 cm³/mol. The lowest BCUT2D eigenvalue weighted by Gasteiger charge is -2.30. The number of fused-ring (bicyclic) bond motifs is 1. The molecule has 3 rings (SSSR count). The number of rotatable bonds is 4. The van der Waals surface area contributed by atoms with E-state index in [2.05, 4.69) is 24.3 Å². The Labute approximate surface area is 110 Å². The highest BCUT2D eigenvalue weighted by Gasteiger charge is 2.37. The highest BCUT2D eigenvalue weighted by molar-refractivity contribution is 5.39. The molecule has 1 aliphatic heterocycles. The van der Waals surface area contributed by atoms with Gasteiger partial charge in [-0.2, -0.15) is 0 Å². The molecule has 1 saturated heterocycles. The van der Waals surface area contributed by atoms with Crippen LogP contribution in [0.5, 0.6) is 0 Å². The Bertz CT molecular complexity index is 411. The van der Waals surface area contributed by atoms with Crippen molar-refractivity contribution in [3.63, 3.8) is 0 Å². The zero-order valence-electron chi connectivity index (χ0n) is 11.0. The second-order valence-corrected chi connectivity index (χ2v) is 5.82. The maximum atomic E-state index is 6.13. The topological polar surface area (TPSA) is 35.2 Å². The van der Waals surface area contributed by atoms with E-state index in [1.54, 1.807) is 0 Å². The molecule has 18 heavy (non-hydrogen) atoms. The smallest absolute Gasteiger partial charge is 0.0576 e. The summed E-state index contributed by atoms with van der Waals surface area (Å²) >= 11 is 0. The van der Waals surface area contributed by atoms with Gasteiger partial charge in [-0.15, -0.1) is 0 Å². The Morgan fingerprint density at radius 2 is 2.22 bits per heavy atom. The predicted octanol–water partition coefficient (Wildman–Crippen LogP) is 2.79. The van der Waals surface area contributed by atoms with E-state index in [0.717, 1.165) is 13.2 Å². The molecule has 1 aliphatic carbocycles. The van der Waals surface area contributed by atoms with Crippen molar-refractivity contribution in [2.24, 2.45) is 5.73 Å². The van der Waals surface area contributed by atoms with Gasteiger partial charge < -0.3 is 10.5 Å². The van der Waals surface area contributed by atoms with Gasteiger partial charge in [0.1, 0.15) is 0 Å².